The zero-order valence-corrected chi connectivity index (χ0v) is 26.8. The van der Waals surface area contributed by atoms with Crippen LogP contribution in [-0.2, 0) is 10.0 Å². The summed E-state index contributed by atoms with van der Waals surface area (Å²) < 4.78 is 35.3. The average molecular weight is 601 g/mol. The molecule has 0 amide bonds. The van der Waals surface area contributed by atoms with Crippen molar-refractivity contribution in [3.63, 3.8) is 0 Å². The molecule has 2 heterocycles. The van der Waals surface area contributed by atoms with Gasteiger partial charge >= 0.3 is 0 Å². The van der Waals surface area contributed by atoms with E-state index in [9.17, 15) is 8.42 Å². The van der Waals surface area contributed by atoms with Gasteiger partial charge in [0.25, 0.3) is 0 Å². The van der Waals surface area contributed by atoms with E-state index in [0.29, 0.717) is 23.5 Å². The second-order valence-electron chi connectivity index (χ2n) is 12.5. The van der Waals surface area contributed by atoms with Crippen LogP contribution in [0, 0.1) is 0 Å². The number of nitrogens with two attached hydrogens (primary N) is 1. The summed E-state index contributed by atoms with van der Waals surface area (Å²) in [5.74, 6) is 0.910. The van der Waals surface area contributed by atoms with Crippen LogP contribution in [0.2, 0.25) is 0 Å². The molecule has 9 heteroatoms. The van der Waals surface area contributed by atoms with Crippen LogP contribution in [0.4, 0.5) is 5.69 Å². The second kappa shape index (κ2) is 13.2. The van der Waals surface area contributed by atoms with E-state index in [1.165, 1.54) is 21.6 Å². The maximum Gasteiger partial charge on any atom is 0.213 e. The molecule has 0 saturated carbocycles. The van der Waals surface area contributed by atoms with Gasteiger partial charge in [0.15, 0.2) is 0 Å². The summed E-state index contributed by atoms with van der Waals surface area (Å²) in [5.41, 5.74) is 12.4. The van der Waals surface area contributed by atoms with Crippen LogP contribution in [-0.4, -0.2) is 81.1 Å². The summed E-state index contributed by atoms with van der Waals surface area (Å²) in [6.45, 7) is 6.55. The van der Waals surface area contributed by atoms with Crippen molar-refractivity contribution in [2.45, 2.75) is 88.7 Å². The van der Waals surface area contributed by atoms with Crippen molar-refractivity contribution in [2.24, 2.45) is 0 Å². The highest BCUT2D eigenvalue weighted by Gasteiger charge is 2.35. The molecule has 0 spiro atoms. The summed E-state index contributed by atoms with van der Waals surface area (Å²) >= 11 is 1.94. The number of likely N-dealkylation sites (tertiary alicyclic amines) is 1. The minimum absolute atomic E-state index is 0.0640. The van der Waals surface area contributed by atoms with Crippen LogP contribution in [0.1, 0.15) is 70.8 Å². The van der Waals surface area contributed by atoms with Crippen LogP contribution in [0.5, 0.6) is 5.75 Å². The number of nitrogens with one attached hydrogen (secondary N) is 1. The molecule has 1 aromatic carbocycles. The average Bonchev–Trinajstić information content (AvgIpc) is 3.49. The monoisotopic (exact) mass is 600 g/mol. The third-order valence-corrected chi connectivity index (χ3v) is 11.7. The van der Waals surface area contributed by atoms with Crippen molar-refractivity contribution in [1.82, 2.24) is 14.5 Å². The summed E-state index contributed by atoms with van der Waals surface area (Å²) in [4.78, 5) is 5.81. The standard InChI is InChI=1S/C32H48N4O3S2/c1-22(2)39-30-15-12-23(20-28(30)33)31-10-5-6-11-32(40-31)27-9-7-8-26-25(27)13-14-29(26)34-41(37,38)19-18-36-17-16-24(21-36)35(3)4/h9-10,12,15,20,22,24,29,32,34H,5-8,11,13-14,16-19,21,33H2,1-4H3. The Bertz CT molecular complexity index is 1300. The molecule has 3 unspecified atom stereocenters. The van der Waals surface area contributed by atoms with E-state index in [1.807, 2.05) is 37.7 Å². The van der Waals surface area contributed by atoms with Crippen molar-refractivity contribution in [3.8, 4) is 5.75 Å². The summed E-state index contributed by atoms with van der Waals surface area (Å²) in [7, 11) is 0.861. The number of allylic oxidation sites excluding steroid dienone is 3. The molecular formula is C32H48N4O3S2. The van der Waals surface area contributed by atoms with Crippen LogP contribution in [0.25, 0.3) is 4.91 Å². The van der Waals surface area contributed by atoms with E-state index in [1.54, 1.807) is 0 Å². The Morgan fingerprint density at radius 1 is 1.15 bits per heavy atom. The van der Waals surface area contributed by atoms with Crippen molar-refractivity contribution in [2.75, 3.05) is 45.2 Å². The minimum atomic E-state index is -3.34. The largest absolute Gasteiger partial charge is 0.489 e. The first-order chi connectivity index (χ1) is 19.6. The number of benzene rings is 1. The number of rotatable bonds is 10. The molecule has 5 rings (SSSR count). The number of ether oxygens (including phenoxy) is 1. The number of likely N-dealkylation sites (N-methyl/N-ethyl adjacent to an activating group) is 1. The molecule has 0 bridgehead atoms. The molecule has 1 saturated heterocycles. The number of anilines is 1. The smallest absolute Gasteiger partial charge is 0.213 e. The zero-order valence-electron chi connectivity index (χ0n) is 25.2. The van der Waals surface area contributed by atoms with Crippen molar-refractivity contribution >= 4 is 32.4 Å². The number of hydrogen-bond acceptors (Lipinski definition) is 7. The van der Waals surface area contributed by atoms with Gasteiger partial charge < -0.3 is 20.3 Å². The molecule has 3 atom stereocenters. The summed E-state index contributed by atoms with van der Waals surface area (Å²) in [6.07, 6.45) is 13.0. The Hall–Kier alpha value is -1.78. The summed E-state index contributed by atoms with van der Waals surface area (Å²) in [5, 5.41) is 0.372. The quantitative estimate of drug-likeness (QED) is 0.347. The van der Waals surface area contributed by atoms with Crippen LogP contribution in [0.15, 0.2) is 47.1 Å². The first-order valence-electron chi connectivity index (χ1n) is 15.3. The lowest BCUT2D eigenvalue weighted by atomic mass is 9.88. The predicted molar refractivity (Wildman–Crippen MR) is 173 cm³/mol. The van der Waals surface area contributed by atoms with E-state index in [-0.39, 0.29) is 17.9 Å². The van der Waals surface area contributed by atoms with E-state index >= 15 is 0 Å². The molecule has 0 aromatic heterocycles. The minimum Gasteiger partial charge on any atom is -0.489 e. The lowest BCUT2D eigenvalue weighted by Gasteiger charge is -2.27. The van der Waals surface area contributed by atoms with E-state index in [0.717, 1.165) is 75.8 Å². The number of nitrogens with zero attached hydrogens (tertiary/aromatic N) is 2. The van der Waals surface area contributed by atoms with Crippen LogP contribution < -0.4 is 15.2 Å². The van der Waals surface area contributed by atoms with Gasteiger partial charge in [0.1, 0.15) is 5.75 Å². The first-order valence-corrected chi connectivity index (χ1v) is 17.9. The summed E-state index contributed by atoms with van der Waals surface area (Å²) in [6, 6.07) is 6.62. The topological polar surface area (TPSA) is 87.9 Å². The van der Waals surface area contributed by atoms with Crippen LogP contribution >= 0.6 is 11.8 Å². The molecule has 4 aliphatic rings. The molecule has 41 heavy (non-hydrogen) atoms. The molecule has 2 aliphatic carbocycles. The molecular weight excluding hydrogens is 553 g/mol. The highest BCUT2D eigenvalue weighted by Crippen LogP contribution is 2.47. The second-order valence-corrected chi connectivity index (χ2v) is 15.6. The van der Waals surface area contributed by atoms with Crippen molar-refractivity contribution in [3.05, 3.63) is 52.6 Å². The molecule has 7 nitrogen and oxygen atoms in total. The van der Waals surface area contributed by atoms with Crippen molar-refractivity contribution in [1.29, 1.82) is 0 Å². The van der Waals surface area contributed by atoms with Gasteiger partial charge in [-0.3, -0.25) is 0 Å². The SMILES string of the molecule is CC(C)Oc1ccc(C2=CCCCC(C3=CCCC4=C3CCC4NS(=O)(=O)CCN3CCC(N(C)C)C3)S2)cc1N. The highest BCUT2D eigenvalue weighted by molar-refractivity contribution is 8.09. The maximum absolute atomic E-state index is 13.2. The van der Waals surface area contributed by atoms with Gasteiger partial charge in [0, 0.05) is 35.3 Å². The molecule has 226 valence electrons. The number of thioether (sulfide) groups is 1. The fourth-order valence-electron chi connectivity index (χ4n) is 6.68. The molecule has 0 radical (unpaired) electrons. The number of sulfonamides is 1. The van der Waals surface area contributed by atoms with Gasteiger partial charge in [-0.25, -0.2) is 13.1 Å². The normalized spacial score (nSPS) is 25.9. The molecule has 2 aliphatic heterocycles. The third-order valence-electron chi connectivity index (χ3n) is 8.87. The molecule has 3 N–H and O–H groups in total. The van der Waals surface area contributed by atoms with Gasteiger partial charge in [-0.2, -0.15) is 0 Å². The van der Waals surface area contributed by atoms with Gasteiger partial charge in [0.2, 0.25) is 10.0 Å². The number of hydrogen-bond donors (Lipinski definition) is 2. The highest BCUT2D eigenvalue weighted by atomic mass is 32.2. The third kappa shape index (κ3) is 7.60. The lowest BCUT2D eigenvalue weighted by Crippen LogP contribution is -2.40. The molecule has 1 aromatic rings. The van der Waals surface area contributed by atoms with Gasteiger partial charge in [0.05, 0.1) is 17.5 Å². The Morgan fingerprint density at radius 2 is 1.98 bits per heavy atom. The van der Waals surface area contributed by atoms with Gasteiger partial charge in [-0.05, 0) is 120 Å². The Balaban J connectivity index is 1.24. The van der Waals surface area contributed by atoms with Gasteiger partial charge in [-0.1, -0.05) is 18.2 Å². The van der Waals surface area contributed by atoms with E-state index < -0.39 is 10.0 Å². The Morgan fingerprint density at radius 3 is 2.71 bits per heavy atom. The molecule has 1 fully saturated rings. The number of nitrogen functional groups attached to an aromatic ring is 1. The fourth-order valence-corrected chi connectivity index (χ4v) is 9.42. The zero-order chi connectivity index (χ0) is 29.1. The van der Waals surface area contributed by atoms with Crippen molar-refractivity contribution < 1.29 is 13.2 Å². The van der Waals surface area contributed by atoms with Gasteiger partial charge in [-0.15, -0.1) is 11.8 Å². The first kappa shape index (κ1) is 30.7. The van der Waals surface area contributed by atoms with Crippen LogP contribution in [0.3, 0.4) is 0 Å². The van der Waals surface area contributed by atoms with E-state index in [2.05, 4.69) is 46.8 Å². The Kier molecular flexibility index (Phi) is 9.91. The van der Waals surface area contributed by atoms with E-state index in [4.69, 9.17) is 10.5 Å². The lowest BCUT2D eigenvalue weighted by molar-refractivity contribution is 0.244. The fraction of sp³-hybridized carbons (Fsp3) is 0.625. The predicted octanol–water partition coefficient (Wildman–Crippen LogP) is 5.42. The maximum atomic E-state index is 13.2. The Labute approximate surface area is 251 Å².